The third kappa shape index (κ3) is 5.00. The van der Waals surface area contributed by atoms with Crippen LogP contribution in [-0.2, 0) is 17.9 Å². The second kappa shape index (κ2) is 9.89. The molecule has 0 bridgehead atoms. The summed E-state index contributed by atoms with van der Waals surface area (Å²) in [6.07, 6.45) is 1.42. The van der Waals surface area contributed by atoms with Gasteiger partial charge in [0.2, 0.25) is 5.91 Å². The molecule has 1 fully saturated rings. The Kier molecular flexibility index (Phi) is 6.35. The molecule has 0 saturated carbocycles. The van der Waals surface area contributed by atoms with Gasteiger partial charge in [0, 0.05) is 44.1 Å². The Morgan fingerprint density at radius 1 is 0.853 bits per heavy atom. The fourth-order valence-corrected chi connectivity index (χ4v) is 4.34. The number of nitrogens with one attached hydrogen (secondary N) is 1. The molecule has 0 atom stereocenters. The van der Waals surface area contributed by atoms with Gasteiger partial charge in [0.15, 0.2) is 0 Å². The zero-order chi connectivity index (χ0) is 23.3. The molecule has 1 amide bonds. The molecule has 1 aromatic heterocycles. The number of rotatable bonds is 6. The summed E-state index contributed by atoms with van der Waals surface area (Å²) in [6.45, 7) is 4.87. The van der Waals surface area contributed by atoms with Crippen LogP contribution in [0.4, 0.5) is 11.4 Å². The number of nitrogens with zero attached hydrogens (tertiary/aromatic N) is 4. The minimum atomic E-state index is -0.263. The summed E-state index contributed by atoms with van der Waals surface area (Å²) in [5.74, 6) is -0.263. The lowest BCUT2D eigenvalue weighted by Crippen LogP contribution is -2.45. The van der Waals surface area contributed by atoms with E-state index in [9.17, 15) is 9.59 Å². The second-order valence-electron chi connectivity index (χ2n) is 8.54. The van der Waals surface area contributed by atoms with Crippen molar-refractivity contribution in [2.45, 2.75) is 13.1 Å². The van der Waals surface area contributed by atoms with Gasteiger partial charge in [0.05, 0.1) is 17.2 Å². The van der Waals surface area contributed by atoms with E-state index in [2.05, 4.69) is 44.4 Å². The number of benzene rings is 3. The predicted octanol–water partition coefficient (Wildman–Crippen LogP) is 3.36. The average molecular weight is 454 g/mol. The molecule has 7 heteroatoms. The first kappa shape index (κ1) is 21.9. The first-order valence-corrected chi connectivity index (χ1v) is 11.5. The van der Waals surface area contributed by atoms with Crippen molar-refractivity contribution in [2.24, 2.45) is 0 Å². The van der Waals surface area contributed by atoms with E-state index >= 15 is 0 Å². The number of piperazine rings is 1. The van der Waals surface area contributed by atoms with Crippen molar-refractivity contribution in [3.8, 4) is 0 Å². The summed E-state index contributed by atoms with van der Waals surface area (Å²) in [6, 6.07) is 25.6. The van der Waals surface area contributed by atoms with Crippen molar-refractivity contribution in [2.75, 3.05) is 36.4 Å². The third-order valence-electron chi connectivity index (χ3n) is 6.18. The van der Waals surface area contributed by atoms with Crippen molar-refractivity contribution < 1.29 is 4.79 Å². The van der Waals surface area contributed by atoms with Crippen LogP contribution in [-0.4, -0.2) is 46.5 Å². The van der Waals surface area contributed by atoms with E-state index in [4.69, 9.17) is 0 Å². The molecular weight excluding hydrogens is 426 g/mol. The zero-order valence-corrected chi connectivity index (χ0v) is 18.9. The molecule has 2 heterocycles. The van der Waals surface area contributed by atoms with E-state index in [1.54, 1.807) is 18.2 Å². The Morgan fingerprint density at radius 3 is 2.32 bits per heavy atom. The number of amides is 1. The summed E-state index contributed by atoms with van der Waals surface area (Å²) < 4.78 is 1.33. The number of para-hydroxylation sites is 1. The topological polar surface area (TPSA) is 70.5 Å². The smallest absolute Gasteiger partial charge is 0.261 e. The van der Waals surface area contributed by atoms with Crippen LogP contribution in [0.2, 0.25) is 0 Å². The van der Waals surface area contributed by atoms with Crippen LogP contribution >= 0.6 is 0 Å². The highest BCUT2D eigenvalue weighted by Crippen LogP contribution is 2.20. The van der Waals surface area contributed by atoms with E-state index in [1.165, 1.54) is 16.5 Å². The number of hydrogen-bond acceptors (Lipinski definition) is 5. The van der Waals surface area contributed by atoms with Gasteiger partial charge in [-0.05, 0) is 42.0 Å². The number of carbonyl (C=O) groups is 1. The first-order chi connectivity index (χ1) is 16.7. The average Bonchev–Trinajstić information content (AvgIpc) is 2.87. The molecule has 0 radical (unpaired) electrons. The molecule has 3 aromatic carbocycles. The van der Waals surface area contributed by atoms with Crippen molar-refractivity contribution in [3.05, 3.63) is 101 Å². The van der Waals surface area contributed by atoms with Crippen LogP contribution in [0.3, 0.4) is 0 Å². The lowest BCUT2D eigenvalue weighted by atomic mass is 10.2. The monoisotopic (exact) mass is 453 g/mol. The van der Waals surface area contributed by atoms with Gasteiger partial charge < -0.3 is 10.2 Å². The summed E-state index contributed by atoms with van der Waals surface area (Å²) in [5, 5.41) is 3.38. The van der Waals surface area contributed by atoms with E-state index in [0.717, 1.165) is 38.4 Å². The van der Waals surface area contributed by atoms with E-state index < -0.39 is 0 Å². The predicted molar refractivity (Wildman–Crippen MR) is 135 cm³/mol. The molecule has 0 spiro atoms. The largest absolute Gasteiger partial charge is 0.369 e. The van der Waals surface area contributed by atoms with Crippen molar-refractivity contribution in [1.82, 2.24) is 14.5 Å². The Labute approximate surface area is 198 Å². The van der Waals surface area contributed by atoms with Crippen LogP contribution in [0.1, 0.15) is 5.56 Å². The summed E-state index contributed by atoms with van der Waals surface area (Å²) >= 11 is 0. The maximum atomic E-state index is 12.6. The van der Waals surface area contributed by atoms with E-state index in [-0.39, 0.29) is 18.0 Å². The van der Waals surface area contributed by atoms with Gasteiger partial charge in [-0.3, -0.25) is 19.1 Å². The van der Waals surface area contributed by atoms with Gasteiger partial charge in [-0.1, -0.05) is 42.5 Å². The molecule has 5 rings (SSSR count). The van der Waals surface area contributed by atoms with Crippen LogP contribution in [0.5, 0.6) is 0 Å². The Morgan fingerprint density at radius 2 is 1.56 bits per heavy atom. The minimum absolute atomic E-state index is 0.0816. The highest BCUT2D eigenvalue weighted by Gasteiger charge is 2.17. The normalized spacial score (nSPS) is 14.3. The fourth-order valence-electron chi connectivity index (χ4n) is 4.34. The van der Waals surface area contributed by atoms with Crippen LogP contribution in [0.25, 0.3) is 10.9 Å². The third-order valence-corrected chi connectivity index (χ3v) is 6.18. The molecule has 4 aromatic rings. The highest BCUT2D eigenvalue weighted by molar-refractivity contribution is 5.91. The SMILES string of the molecule is O=C(Cn1cnc2ccccc2c1=O)Nc1ccc(N2CCN(Cc3ccccc3)CC2)cc1. The Balaban J connectivity index is 1.15. The Hall–Kier alpha value is -3.97. The van der Waals surface area contributed by atoms with Gasteiger partial charge in [-0.2, -0.15) is 0 Å². The van der Waals surface area contributed by atoms with Crippen molar-refractivity contribution >= 4 is 28.2 Å². The maximum Gasteiger partial charge on any atom is 0.261 e. The van der Waals surface area contributed by atoms with Gasteiger partial charge in [0.25, 0.3) is 5.56 Å². The summed E-state index contributed by atoms with van der Waals surface area (Å²) in [5.41, 5.74) is 3.60. The Bertz CT molecular complexity index is 1330. The van der Waals surface area contributed by atoms with Crippen LogP contribution < -0.4 is 15.8 Å². The van der Waals surface area contributed by atoms with Crippen molar-refractivity contribution in [1.29, 1.82) is 0 Å². The molecule has 0 aliphatic carbocycles. The number of hydrogen-bond donors (Lipinski definition) is 1. The lowest BCUT2D eigenvalue weighted by molar-refractivity contribution is -0.116. The zero-order valence-electron chi connectivity index (χ0n) is 18.9. The van der Waals surface area contributed by atoms with Gasteiger partial charge in [0.1, 0.15) is 6.54 Å². The standard InChI is InChI=1S/C27H27N5O2/c33-26(19-32-20-28-25-9-5-4-8-24(25)27(32)34)29-22-10-12-23(13-11-22)31-16-14-30(15-17-31)18-21-6-2-1-3-7-21/h1-13,20H,14-19H2,(H,29,33). The maximum absolute atomic E-state index is 12.6. The van der Waals surface area contributed by atoms with Gasteiger partial charge in [-0.25, -0.2) is 4.98 Å². The van der Waals surface area contributed by atoms with Gasteiger partial charge >= 0.3 is 0 Å². The number of fused-ring (bicyclic) bond motifs is 1. The van der Waals surface area contributed by atoms with E-state index in [0.29, 0.717) is 16.6 Å². The lowest BCUT2D eigenvalue weighted by Gasteiger charge is -2.36. The molecule has 1 aliphatic heterocycles. The first-order valence-electron chi connectivity index (χ1n) is 11.5. The molecule has 1 aliphatic rings. The fraction of sp³-hybridized carbons (Fsp3) is 0.222. The second-order valence-corrected chi connectivity index (χ2v) is 8.54. The minimum Gasteiger partial charge on any atom is -0.369 e. The number of aromatic nitrogens is 2. The molecule has 7 nitrogen and oxygen atoms in total. The van der Waals surface area contributed by atoms with Crippen LogP contribution in [0, 0.1) is 0 Å². The summed E-state index contributed by atoms with van der Waals surface area (Å²) in [4.78, 5) is 34.2. The number of carbonyl (C=O) groups excluding carboxylic acids is 1. The summed E-state index contributed by atoms with van der Waals surface area (Å²) in [7, 11) is 0. The molecule has 34 heavy (non-hydrogen) atoms. The quantitative estimate of drug-likeness (QED) is 0.485. The van der Waals surface area contributed by atoms with Crippen molar-refractivity contribution in [3.63, 3.8) is 0 Å². The molecular formula is C27H27N5O2. The molecule has 172 valence electrons. The molecule has 0 unspecified atom stereocenters. The van der Waals surface area contributed by atoms with Gasteiger partial charge in [-0.15, -0.1) is 0 Å². The van der Waals surface area contributed by atoms with E-state index in [1.807, 2.05) is 36.4 Å². The highest BCUT2D eigenvalue weighted by atomic mass is 16.2. The van der Waals surface area contributed by atoms with Crippen LogP contribution in [0.15, 0.2) is 90.0 Å². The molecule has 1 N–H and O–H groups in total. The molecule has 1 saturated heterocycles. The number of anilines is 2.